The third-order valence-corrected chi connectivity index (χ3v) is 5.17. The molecule has 0 spiro atoms. The maximum Gasteiger partial charge on any atom is 0.340 e. The van der Waals surface area contributed by atoms with Crippen molar-refractivity contribution in [2.75, 3.05) is 6.61 Å². The molecule has 0 bridgehead atoms. The Morgan fingerprint density at radius 1 is 1.18 bits per heavy atom. The molecule has 0 radical (unpaired) electrons. The lowest BCUT2D eigenvalue weighted by molar-refractivity contribution is -0.168. The fourth-order valence-electron chi connectivity index (χ4n) is 3.32. The van der Waals surface area contributed by atoms with Crippen LogP contribution in [0.3, 0.4) is 0 Å². The van der Waals surface area contributed by atoms with E-state index in [1.165, 1.54) is 0 Å². The number of benzene rings is 1. The zero-order valence-electron chi connectivity index (χ0n) is 17.3. The monoisotopic (exact) mass is 393 g/mol. The van der Waals surface area contributed by atoms with E-state index in [4.69, 9.17) is 10.5 Å². The van der Waals surface area contributed by atoms with Crippen LogP contribution in [-0.2, 0) is 19.9 Å². The molecule has 2 unspecified atom stereocenters. The van der Waals surface area contributed by atoms with Crippen LogP contribution in [0.4, 0.5) is 0 Å². The van der Waals surface area contributed by atoms with Crippen LogP contribution in [0.25, 0.3) is 0 Å². The first-order valence-electron chi connectivity index (χ1n) is 10.2. The number of esters is 1. The molecule has 6 nitrogen and oxygen atoms in total. The highest BCUT2D eigenvalue weighted by atomic mass is 16.5. The van der Waals surface area contributed by atoms with Crippen molar-refractivity contribution in [3.05, 3.63) is 35.9 Å². The average Bonchev–Trinajstić information content (AvgIpc) is 2.72. The van der Waals surface area contributed by atoms with Gasteiger partial charge >= 0.3 is 11.9 Å². The van der Waals surface area contributed by atoms with Crippen LogP contribution in [-0.4, -0.2) is 34.8 Å². The molecule has 2 rings (SSSR count). The summed E-state index contributed by atoms with van der Waals surface area (Å²) < 4.78 is 4.85. The van der Waals surface area contributed by atoms with Crippen molar-refractivity contribution in [2.24, 2.45) is 17.6 Å². The first-order valence-corrected chi connectivity index (χ1v) is 10.2. The number of hydrogen-bond acceptors (Lipinski definition) is 5. The summed E-state index contributed by atoms with van der Waals surface area (Å²) in [5.74, 6) is -1.44. The third-order valence-electron chi connectivity index (χ3n) is 5.17. The number of hydrogen-bond donors (Lipinski definition) is 3. The van der Waals surface area contributed by atoms with Gasteiger partial charge in [0, 0.05) is 5.92 Å². The molecule has 1 aliphatic rings. The maximum absolute atomic E-state index is 11.5. The van der Waals surface area contributed by atoms with Crippen LogP contribution in [0.15, 0.2) is 30.3 Å². The van der Waals surface area contributed by atoms with E-state index in [0.29, 0.717) is 12.2 Å². The zero-order valence-corrected chi connectivity index (χ0v) is 17.3. The standard InChI is InChI=1S/C14H18O3.C8H17NO2/c15-13(16)14(17,11-7-3-1-4-8-11)12-9-5-2-6-10-12;1-4-5-11-8(10)7(9)6(2)3/h1,3-4,7-8,12,17H,2,5-6,9-10H2,(H,15,16);6-7H,4-5,9H2,1-3H3. The van der Waals surface area contributed by atoms with Crippen LogP contribution < -0.4 is 5.73 Å². The van der Waals surface area contributed by atoms with Gasteiger partial charge in [0.2, 0.25) is 0 Å². The molecule has 6 heteroatoms. The highest BCUT2D eigenvalue weighted by Crippen LogP contribution is 2.39. The SMILES string of the molecule is CCCOC(=O)C(N)C(C)C.O=C(O)C(O)(c1ccccc1)C1CCCCC1. The van der Waals surface area contributed by atoms with E-state index in [0.717, 1.165) is 38.5 Å². The highest BCUT2D eigenvalue weighted by molar-refractivity contribution is 5.79. The zero-order chi connectivity index (χ0) is 21.2. The Balaban J connectivity index is 0.000000311. The van der Waals surface area contributed by atoms with Crippen LogP contribution in [0.5, 0.6) is 0 Å². The Morgan fingerprint density at radius 3 is 2.21 bits per heavy atom. The maximum atomic E-state index is 11.5. The largest absolute Gasteiger partial charge is 0.479 e. The summed E-state index contributed by atoms with van der Waals surface area (Å²) in [4.78, 5) is 22.5. The number of carboxylic acids is 1. The molecule has 1 aromatic carbocycles. The van der Waals surface area contributed by atoms with Crippen molar-refractivity contribution < 1.29 is 24.5 Å². The quantitative estimate of drug-likeness (QED) is 0.612. The molecule has 1 aromatic rings. The van der Waals surface area contributed by atoms with Gasteiger partial charge in [-0.1, -0.05) is 70.4 Å². The summed E-state index contributed by atoms with van der Waals surface area (Å²) in [6.07, 6.45) is 5.58. The van der Waals surface area contributed by atoms with Gasteiger partial charge in [-0.15, -0.1) is 0 Å². The number of carbonyl (C=O) groups excluding carboxylic acids is 1. The lowest BCUT2D eigenvalue weighted by atomic mass is 9.73. The molecule has 158 valence electrons. The lowest BCUT2D eigenvalue weighted by Gasteiger charge is -2.35. The minimum absolute atomic E-state index is 0.152. The van der Waals surface area contributed by atoms with Gasteiger partial charge in [0.15, 0.2) is 5.60 Å². The highest BCUT2D eigenvalue weighted by Gasteiger charge is 2.45. The molecule has 2 atom stereocenters. The molecule has 1 saturated carbocycles. The number of carbonyl (C=O) groups is 2. The van der Waals surface area contributed by atoms with Crippen molar-refractivity contribution >= 4 is 11.9 Å². The Kier molecular flexibility index (Phi) is 10.2. The number of aliphatic hydroxyl groups is 1. The summed E-state index contributed by atoms with van der Waals surface area (Å²) in [7, 11) is 0. The molecule has 0 heterocycles. The molecular formula is C22H35NO5. The van der Waals surface area contributed by atoms with E-state index in [1.54, 1.807) is 24.3 Å². The van der Waals surface area contributed by atoms with E-state index >= 15 is 0 Å². The topological polar surface area (TPSA) is 110 Å². The van der Waals surface area contributed by atoms with Gasteiger partial charge in [0.1, 0.15) is 6.04 Å². The van der Waals surface area contributed by atoms with Crippen molar-refractivity contribution in [3.8, 4) is 0 Å². The smallest absolute Gasteiger partial charge is 0.340 e. The Labute approximate surface area is 168 Å². The predicted octanol–water partition coefficient (Wildman–Crippen LogP) is 3.46. The Morgan fingerprint density at radius 2 is 1.75 bits per heavy atom. The minimum Gasteiger partial charge on any atom is -0.479 e. The van der Waals surface area contributed by atoms with Crippen LogP contribution in [0.1, 0.15) is 64.9 Å². The van der Waals surface area contributed by atoms with E-state index in [-0.39, 0.29) is 17.8 Å². The molecule has 1 fully saturated rings. The van der Waals surface area contributed by atoms with Crippen LogP contribution in [0.2, 0.25) is 0 Å². The second kappa shape index (κ2) is 11.8. The fourth-order valence-corrected chi connectivity index (χ4v) is 3.32. The normalized spacial score (nSPS) is 17.8. The third kappa shape index (κ3) is 6.60. The first-order chi connectivity index (χ1) is 13.2. The molecule has 0 aliphatic heterocycles. The number of ether oxygens (including phenoxy) is 1. The van der Waals surface area contributed by atoms with Crippen molar-refractivity contribution in [1.82, 2.24) is 0 Å². The van der Waals surface area contributed by atoms with Gasteiger partial charge < -0.3 is 20.7 Å². The van der Waals surface area contributed by atoms with Gasteiger partial charge in [-0.3, -0.25) is 4.79 Å². The Bertz CT molecular complexity index is 598. The average molecular weight is 394 g/mol. The fraction of sp³-hybridized carbons (Fsp3) is 0.636. The number of nitrogens with two attached hydrogens (primary N) is 1. The molecule has 1 aliphatic carbocycles. The van der Waals surface area contributed by atoms with E-state index < -0.39 is 17.6 Å². The molecule has 0 amide bonds. The molecular weight excluding hydrogens is 358 g/mol. The van der Waals surface area contributed by atoms with Crippen molar-refractivity contribution in [2.45, 2.75) is 70.9 Å². The van der Waals surface area contributed by atoms with Crippen molar-refractivity contribution in [3.63, 3.8) is 0 Å². The molecule has 28 heavy (non-hydrogen) atoms. The summed E-state index contributed by atoms with van der Waals surface area (Å²) in [5.41, 5.74) is 4.31. The number of rotatable bonds is 7. The second-order valence-electron chi connectivity index (χ2n) is 7.71. The van der Waals surface area contributed by atoms with Crippen LogP contribution >= 0.6 is 0 Å². The summed E-state index contributed by atoms with van der Waals surface area (Å²) in [6, 6.07) is 8.29. The van der Waals surface area contributed by atoms with Gasteiger partial charge in [0.25, 0.3) is 0 Å². The van der Waals surface area contributed by atoms with Gasteiger partial charge in [-0.05, 0) is 30.7 Å². The molecule has 0 aromatic heterocycles. The second-order valence-corrected chi connectivity index (χ2v) is 7.71. The van der Waals surface area contributed by atoms with Crippen LogP contribution in [0, 0.1) is 11.8 Å². The Hall–Kier alpha value is -1.92. The van der Waals surface area contributed by atoms with Gasteiger partial charge in [-0.25, -0.2) is 4.79 Å². The van der Waals surface area contributed by atoms with Gasteiger partial charge in [0.05, 0.1) is 6.61 Å². The number of aliphatic carboxylic acids is 1. The van der Waals surface area contributed by atoms with E-state index in [9.17, 15) is 19.8 Å². The molecule has 4 N–H and O–H groups in total. The minimum atomic E-state index is -1.72. The van der Waals surface area contributed by atoms with Gasteiger partial charge in [-0.2, -0.15) is 0 Å². The van der Waals surface area contributed by atoms with E-state index in [2.05, 4.69) is 0 Å². The first kappa shape index (κ1) is 24.1. The summed E-state index contributed by atoms with van der Waals surface area (Å²) in [5, 5.41) is 20.0. The lowest BCUT2D eigenvalue weighted by Crippen LogP contribution is -2.43. The molecule has 0 saturated heterocycles. The summed E-state index contributed by atoms with van der Waals surface area (Å²) >= 11 is 0. The number of carboxylic acid groups (broad SMARTS) is 1. The van der Waals surface area contributed by atoms with E-state index in [1.807, 2.05) is 26.8 Å². The van der Waals surface area contributed by atoms with Crippen molar-refractivity contribution in [1.29, 1.82) is 0 Å². The summed E-state index contributed by atoms with van der Waals surface area (Å²) in [6.45, 7) is 6.23. The predicted molar refractivity (Wildman–Crippen MR) is 109 cm³/mol.